The molecule has 0 aliphatic rings. The Balaban J connectivity index is -0.000000180. The summed E-state index contributed by atoms with van der Waals surface area (Å²) in [5.74, 6) is 0. The van der Waals surface area contributed by atoms with Crippen LogP contribution < -0.4 is 0 Å². The summed E-state index contributed by atoms with van der Waals surface area (Å²) in [6.45, 7) is 0. The van der Waals surface area contributed by atoms with Gasteiger partial charge in [0.1, 0.15) is 0 Å². The van der Waals surface area contributed by atoms with E-state index in [1.807, 2.05) is 0 Å². The topological polar surface area (TPSA) is 0 Å². The van der Waals surface area contributed by atoms with Crippen LogP contribution in [0.1, 0.15) is 0 Å². The zero-order valence-corrected chi connectivity index (χ0v) is 11.8. The van der Waals surface area contributed by atoms with E-state index in [2.05, 4.69) is 0 Å². The van der Waals surface area contributed by atoms with Gasteiger partial charge >= 0.3 is 63.8 Å². The van der Waals surface area contributed by atoms with Crippen molar-refractivity contribution in [2.75, 3.05) is 0 Å². The molecule has 0 spiro atoms. The van der Waals surface area contributed by atoms with Gasteiger partial charge in [-0.25, -0.2) is 0 Å². The van der Waals surface area contributed by atoms with Gasteiger partial charge in [0.05, 0.1) is 0 Å². The predicted molar refractivity (Wildman–Crippen MR) is 49.6 cm³/mol. The molecule has 0 heterocycles. The molecular formula is H2Cl8Pt. The first kappa shape index (κ1) is 17.9. The van der Waals surface area contributed by atoms with Crippen molar-refractivity contribution in [1.29, 1.82) is 0 Å². The van der Waals surface area contributed by atoms with Crippen molar-refractivity contribution in [3.05, 3.63) is 0 Å². The predicted octanol–water partition coefficient (Wildman–Crippen LogP) is 4.98. The fourth-order valence-corrected chi connectivity index (χ4v) is 0. The second-order valence-corrected chi connectivity index (χ2v) is 49.9. The van der Waals surface area contributed by atoms with Gasteiger partial charge in [-0.3, -0.25) is 0 Å². The molecule has 0 atom stereocenters. The fraction of sp³-hybridized carbons (Fsp3) is 0. The molecule has 68 valence electrons. The zero-order valence-electron chi connectivity index (χ0n) is 3.40. The summed E-state index contributed by atoms with van der Waals surface area (Å²) < 4.78 is 0. The molecule has 0 radical (unpaired) electrons. The van der Waals surface area contributed by atoms with Crippen molar-refractivity contribution in [2.45, 2.75) is 0 Å². The van der Waals surface area contributed by atoms with Crippen LogP contribution in [0.3, 0.4) is 0 Å². The van der Waals surface area contributed by atoms with E-state index < -0.39 is 7.31 Å². The molecule has 0 nitrogen and oxygen atoms in total. The first-order valence-electron chi connectivity index (χ1n) is 0.717. The van der Waals surface area contributed by atoms with E-state index in [1.165, 1.54) is 0 Å². The number of hydrogen-bond donors (Lipinski definition) is 0. The minimum atomic E-state index is -5.29. The minimum absolute atomic E-state index is 0. The fourth-order valence-electron chi connectivity index (χ4n) is 0. The second-order valence-electron chi connectivity index (χ2n) is 0.678. The first-order chi connectivity index (χ1) is 2.45. The molecule has 0 fully saturated rings. The van der Waals surface area contributed by atoms with Gasteiger partial charge in [0.25, 0.3) is 0 Å². The molecule has 0 aliphatic heterocycles. The van der Waals surface area contributed by atoms with E-state index in [1.54, 1.807) is 0 Å². The van der Waals surface area contributed by atoms with Crippen LogP contribution in [0.4, 0.5) is 0 Å². The van der Waals surface area contributed by atoms with Gasteiger partial charge in [-0.15, -0.1) is 24.8 Å². The second kappa shape index (κ2) is 3.40. The van der Waals surface area contributed by atoms with E-state index in [0.29, 0.717) is 0 Å². The molecule has 0 aromatic rings. The van der Waals surface area contributed by atoms with Crippen LogP contribution >= 0.6 is 81.3 Å². The van der Waals surface area contributed by atoms with Gasteiger partial charge in [-0.05, 0) is 0 Å². The SMILES string of the molecule is Cl.Cl.[Cl][Pt]([Cl])([Cl])([Cl])([Cl])[Cl]. The average molecular weight is 481 g/mol. The van der Waals surface area contributed by atoms with Crippen LogP contribution in [-0.4, -0.2) is 0 Å². The molecule has 0 aliphatic carbocycles. The van der Waals surface area contributed by atoms with E-state index in [4.69, 9.17) is 56.5 Å². The third-order valence-electron chi connectivity index (χ3n) is 0. The molecule has 9 heteroatoms. The Morgan fingerprint density at radius 1 is 0.556 bits per heavy atom. The summed E-state index contributed by atoms with van der Waals surface area (Å²) in [5.41, 5.74) is 0. The van der Waals surface area contributed by atoms with Crippen LogP contribution in [0.15, 0.2) is 0 Å². The van der Waals surface area contributed by atoms with Gasteiger partial charge in [0, 0.05) is 0 Å². The molecule has 0 amide bonds. The quantitative estimate of drug-likeness (QED) is 0.459. The average Bonchev–Trinajstić information content (AvgIpc) is 0.592. The Hall–Kier alpha value is 3.01. The van der Waals surface area contributed by atoms with E-state index >= 15 is 0 Å². The molecule has 0 saturated heterocycles. The number of halogens is 8. The molecule has 0 rings (SSSR count). The molecule has 0 N–H and O–H groups in total. The van der Waals surface area contributed by atoms with Crippen molar-refractivity contribution in [3.63, 3.8) is 0 Å². The molecule has 0 saturated carbocycles. The maximum absolute atomic E-state index is 5.29. The van der Waals surface area contributed by atoms with Crippen LogP contribution in [0.25, 0.3) is 0 Å². The normalized spacial score (nSPS) is 18.0. The Kier molecular flexibility index (Phi) is 6.77. The Morgan fingerprint density at radius 2 is 0.556 bits per heavy atom. The summed E-state index contributed by atoms with van der Waals surface area (Å²) in [6, 6.07) is 0. The summed E-state index contributed by atoms with van der Waals surface area (Å²) in [6.07, 6.45) is 0. The van der Waals surface area contributed by atoms with Gasteiger partial charge < -0.3 is 0 Å². The molecular weight excluding hydrogens is 479 g/mol. The van der Waals surface area contributed by atoms with E-state index in [9.17, 15) is 0 Å². The summed E-state index contributed by atoms with van der Waals surface area (Å²) in [5, 5.41) is 0. The molecule has 0 unspecified atom stereocenters. The maximum atomic E-state index is 5.05. The van der Waals surface area contributed by atoms with Crippen LogP contribution in [0, 0.1) is 0 Å². The molecule has 0 aromatic heterocycles. The zero-order chi connectivity index (χ0) is 6.41. The number of rotatable bonds is 0. The van der Waals surface area contributed by atoms with Crippen molar-refractivity contribution in [2.24, 2.45) is 0 Å². The number of hydrogen-bond acceptors (Lipinski definition) is 0. The van der Waals surface area contributed by atoms with Gasteiger partial charge in [-0.2, -0.15) is 0 Å². The van der Waals surface area contributed by atoms with Crippen molar-refractivity contribution in [1.82, 2.24) is 0 Å². The standard InChI is InChI=1S/8ClH.Pt/h8*1H;/q;;;;;;;;+6/p-6. The van der Waals surface area contributed by atoms with Crippen molar-refractivity contribution in [3.8, 4) is 0 Å². The first-order valence-corrected chi connectivity index (χ1v) is 17.6. The Morgan fingerprint density at radius 3 is 0.556 bits per heavy atom. The van der Waals surface area contributed by atoms with Crippen LogP contribution in [-0.2, 0) is 7.31 Å². The monoisotopic (exact) mass is 477 g/mol. The Bertz CT molecular complexity index is 63.1. The van der Waals surface area contributed by atoms with Gasteiger partial charge in [0.2, 0.25) is 0 Å². The van der Waals surface area contributed by atoms with E-state index in [-0.39, 0.29) is 24.8 Å². The van der Waals surface area contributed by atoms with Crippen LogP contribution in [0.5, 0.6) is 0 Å². The summed E-state index contributed by atoms with van der Waals surface area (Å²) >= 11 is 0. The van der Waals surface area contributed by atoms with Crippen molar-refractivity contribution >= 4 is 81.3 Å². The third-order valence-corrected chi connectivity index (χ3v) is 0. The van der Waals surface area contributed by atoms with E-state index in [0.717, 1.165) is 0 Å². The molecule has 0 aromatic carbocycles. The molecule has 9 heavy (non-hydrogen) atoms. The van der Waals surface area contributed by atoms with Gasteiger partial charge in [0.15, 0.2) is 0 Å². The van der Waals surface area contributed by atoms with Crippen molar-refractivity contribution < 1.29 is 7.31 Å². The Labute approximate surface area is 87.3 Å². The van der Waals surface area contributed by atoms with Gasteiger partial charge in [-0.1, -0.05) is 0 Å². The van der Waals surface area contributed by atoms with Crippen LogP contribution in [0.2, 0.25) is 0 Å². The summed E-state index contributed by atoms with van der Waals surface area (Å²) in [7, 11) is 25.0. The molecule has 0 bridgehead atoms. The summed E-state index contributed by atoms with van der Waals surface area (Å²) in [4.78, 5) is 0. The third kappa shape index (κ3) is 98.7.